The van der Waals surface area contributed by atoms with Gasteiger partial charge in [-0.1, -0.05) is 18.2 Å². The van der Waals surface area contributed by atoms with Crippen LogP contribution in [0.5, 0.6) is 0 Å². The number of para-hydroxylation sites is 1. The van der Waals surface area contributed by atoms with E-state index >= 15 is 0 Å². The van der Waals surface area contributed by atoms with Crippen molar-refractivity contribution in [2.75, 3.05) is 0 Å². The molecule has 0 amide bonds. The zero-order chi connectivity index (χ0) is 10.1. The van der Waals surface area contributed by atoms with Crippen LogP contribution in [-0.4, -0.2) is 16.1 Å². The second-order valence-corrected chi connectivity index (χ2v) is 4.11. The fourth-order valence-corrected chi connectivity index (χ4v) is 2.26. The van der Waals surface area contributed by atoms with E-state index in [0.717, 1.165) is 20.2 Å². The van der Waals surface area contributed by atoms with E-state index in [4.69, 9.17) is 5.11 Å². The Balaban J connectivity index is 2.62. The number of rotatable bonds is 2. The number of carboxylic acid groups (broad SMARTS) is 1. The summed E-state index contributed by atoms with van der Waals surface area (Å²) < 4.78 is 0.909. The first kappa shape index (κ1) is 9.51. The van der Waals surface area contributed by atoms with Gasteiger partial charge in [0.1, 0.15) is 0 Å². The van der Waals surface area contributed by atoms with E-state index in [1.54, 1.807) is 0 Å². The number of aromatic amines is 1. The van der Waals surface area contributed by atoms with Crippen LogP contribution in [0, 0.1) is 3.70 Å². The first-order valence-corrected chi connectivity index (χ1v) is 5.23. The van der Waals surface area contributed by atoms with E-state index in [2.05, 4.69) is 27.6 Å². The van der Waals surface area contributed by atoms with Crippen LogP contribution in [-0.2, 0) is 11.2 Å². The predicted octanol–water partition coefficient (Wildman–Crippen LogP) is 2.40. The number of H-pyrrole nitrogens is 1. The van der Waals surface area contributed by atoms with Crippen LogP contribution in [0.25, 0.3) is 10.9 Å². The van der Waals surface area contributed by atoms with Gasteiger partial charge in [0, 0.05) is 16.5 Å². The quantitative estimate of drug-likeness (QED) is 0.837. The third-order valence-electron chi connectivity index (χ3n) is 2.09. The Morgan fingerprint density at radius 2 is 2.14 bits per heavy atom. The van der Waals surface area contributed by atoms with Crippen molar-refractivity contribution >= 4 is 39.5 Å². The number of carbonyl (C=O) groups is 1. The third kappa shape index (κ3) is 1.61. The van der Waals surface area contributed by atoms with Gasteiger partial charge in [-0.15, -0.1) is 0 Å². The molecule has 0 aliphatic heterocycles. The van der Waals surface area contributed by atoms with E-state index in [0.29, 0.717) is 0 Å². The average molecular weight is 301 g/mol. The van der Waals surface area contributed by atoms with Crippen LogP contribution < -0.4 is 0 Å². The molecule has 0 saturated heterocycles. The zero-order valence-corrected chi connectivity index (χ0v) is 9.41. The highest BCUT2D eigenvalue weighted by Crippen LogP contribution is 2.23. The molecule has 1 aromatic heterocycles. The van der Waals surface area contributed by atoms with Gasteiger partial charge in [0.05, 0.1) is 10.1 Å². The fourth-order valence-electron chi connectivity index (χ4n) is 1.49. The molecule has 0 radical (unpaired) electrons. The number of nitrogens with one attached hydrogen (secondary N) is 1. The first-order valence-electron chi connectivity index (χ1n) is 4.15. The van der Waals surface area contributed by atoms with Gasteiger partial charge in [0.15, 0.2) is 0 Å². The van der Waals surface area contributed by atoms with Gasteiger partial charge in [0.2, 0.25) is 0 Å². The lowest BCUT2D eigenvalue weighted by Crippen LogP contribution is -2.00. The van der Waals surface area contributed by atoms with E-state index in [9.17, 15) is 4.79 Å². The molecule has 2 rings (SSSR count). The van der Waals surface area contributed by atoms with Crippen LogP contribution in [0.2, 0.25) is 0 Å². The topological polar surface area (TPSA) is 53.1 Å². The van der Waals surface area contributed by atoms with Crippen molar-refractivity contribution < 1.29 is 9.90 Å². The minimum Gasteiger partial charge on any atom is -0.481 e. The largest absolute Gasteiger partial charge is 0.481 e. The Morgan fingerprint density at radius 3 is 2.86 bits per heavy atom. The number of hydrogen-bond donors (Lipinski definition) is 2. The SMILES string of the molecule is O=C(O)Cc1c(I)[nH]c2ccccc12. The molecule has 2 aromatic rings. The molecule has 14 heavy (non-hydrogen) atoms. The summed E-state index contributed by atoms with van der Waals surface area (Å²) in [6.45, 7) is 0. The molecule has 0 fully saturated rings. The lowest BCUT2D eigenvalue weighted by Gasteiger charge is -1.94. The molecule has 0 aliphatic carbocycles. The van der Waals surface area contributed by atoms with Crippen molar-refractivity contribution in [2.24, 2.45) is 0 Å². The molecular weight excluding hydrogens is 293 g/mol. The Bertz CT molecular complexity index is 490. The van der Waals surface area contributed by atoms with E-state index in [1.165, 1.54) is 0 Å². The van der Waals surface area contributed by atoms with E-state index in [-0.39, 0.29) is 6.42 Å². The first-order chi connectivity index (χ1) is 6.68. The molecule has 0 unspecified atom stereocenters. The average Bonchev–Trinajstić information content (AvgIpc) is 2.43. The monoisotopic (exact) mass is 301 g/mol. The maximum Gasteiger partial charge on any atom is 0.307 e. The molecule has 0 spiro atoms. The number of fused-ring (bicyclic) bond motifs is 1. The molecule has 0 saturated carbocycles. The number of aliphatic carboxylic acids is 1. The van der Waals surface area contributed by atoms with Crippen LogP contribution in [0.15, 0.2) is 24.3 Å². The number of halogens is 1. The summed E-state index contributed by atoms with van der Waals surface area (Å²) in [6, 6.07) is 7.73. The standard InChI is InChI=1S/C10H8INO2/c11-10-7(5-9(13)14)6-3-1-2-4-8(6)12-10/h1-4,12H,5H2,(H,13,14). The van der Waals surface area contributed by atoms with Crippen LogP contribution in [0.1, 0.15) is 5.56 Å². The summed E-state index contributed by atoms with van der Waals surface area (Å²) in [4.78, 5) is 13.8. The number of hydrogen-bond acceptors (Lipinski definition) is 1. The Hall–Kier alpha value is -1.04. The maximum absolute atomic E-state index is 10.6. The van der Waals surface area contributed by atoms with Crippen molar-refractivity contribution in [3.05, 3.63) is 33.5 Å². The molecule has 72 valence electrons. The highest BCUT2D eigenvalue weighted by Gasteiger charge is 2.11. The summed E-state index contributed by atoms with van der Waals surface area (Å²) in [5, 5.41) is 9.75. The van der Waals surface area contributed by atoms with Gasteiger partial charge in [-0.25, -0.2) is 0 Å². The molecular formula is C10H8INO2. The van der Waals surface area contributed by atoms with Gasteiger partial charge in [-0.05, 0) is 28.7 Å². The van der Waals surface area contributed by atoms with E-state index in [1.807, 2.05) is 24.3 Å². The second kappa shape index (κ2) is 3.61. The molecule has 1 heterocycles. The molecule has 3 nitrogen and oxygen atoms in total. The van der Waals surface area contributed by atoms with Gasteiger partial charge in [0.25, 0.3) is 0 Å². The molecule has 4 heteroatoms. The van der Waals surface area contributed by atoms with Crippen LogP contribution in [0.3, 0.4) is 0 Å². The lowest BCUT2D eigenvalue weighted by molar-refractivity contribution is -0.136. The highest BCUT2D eigenvalue weighted by atomic mass is 127. The fraction of sp³-hybridized carbons (Fsp3) is 0.100. The maximum atomic E-state index is 10.6. The predicted molar refractivity (Wildman–Crippen MR) is 62.4 cm³/mol. The summed E-state index contributed by atoms with van der Waals surface area (Å²) in [5.74, 6) is -0.798. The molecule has 1 aromatic carbocycles. The molecule has 0 bridgehead atoms. The minimum atomic E-state index is -0.798. The van der Waals surface area contributed by atoms with Crippen molar-refractivity contribution in [1.82, 2.24) is 4.98 Å². The van der Waals surface area contributed by atoms with Gasteiger partial charge in [-0.3, -0.25) is 4.79 Å². The van der Waals surface area contributed by atoms with Crippen molar-refractivity contribution in [2.45, 2.75) is 6.42 Å². The summed E-state index contributed by atoms with van der Waals surface area (Å²) in [5.41, 5.74) is 1.86. The summed E-state index contributed by atoms with van der Waals surface area (Å²) in [6.07, 6.45) is 0.0717. The molecule has 0 aliphatic rings. The van der Waals surface area contributed by atoms with Gasteiger partial charge < -0.3 is 10.1 Å². The Kier molecular flexibility index (Phi) is 2.45. The van der Waals surface area contributed by atoms with Crippen LogP contribution in [0.4, 0.5) is 0 Å². The lowest BCUT2D eigenvalue weighted by atomic mass is 10.1. The summed E-state index contributed by atoms with van der Waals surface area (Å²) in [7, 11) is 0. The zero-order valence-electron chi connectivity index (χ0n) is 7.25. The number of carboxylic acids is 1. The molecule has 2 N–H and O–H groups in total. The second-order valence-electron chi connectivity index (χ2n) is 3.03. The van der Waals surface area contributed by atoms with Crippen molar-refractivity contribution in [3.63, 3.8) is 0 Å². The van der Waals surface area contributed by atoms with Gasteiger partial charge in [-0.2, -0.15) is 0 Å². The normalized spacial score (nSPS) is 10.6. The Labute approximate surface area is 94.3 Å². The van der Waals surface area contributed by atoms with Crippen molar-refractivity contribution in [1.29, 1.82) is 0 Å². The molecule has 0 atom stereocenters. The van der Waals surface area contributed by atoms with Crippen molar-refractivity contribution in [3.8, 4) is 0 Å². The van der Waals surface area contributed by atoms with Gasteiger partial charge >= 0.3 is 5.97 Å². The smallest absolute Gasteiger partial charge is 0.307 e. The Morgan fingerprint density at radius 1 is 1.43 bits per heavy atom. The number of benzene rings is 1. The van der Waals surface area contributed by atoms with E-state index < -0.39 is 5.97 Å². The number of aromatic nitrogens is 1. The van der Waals surface area contributed by atoms with Crippen LogP contribution >= 0.6 is 22.6 Å². The minimum absolute atomic E-state index is 0.0717. The summed E-state index contributed by atoms with van der Waals surface area (Å²) >= 11 is 2.13. The highest BCUT2D eigenvalue weighted by molar-refractivity contribution is 14.1. The third-order valence-corrected chi connectivity index (χ3v) is 3.01.